The Morgan fingerprint density at radius 3 is 2.59 bits per heavy atom. The monoisotopic (exact) mass is 433 g/mol. The van der Waals surface area contributed by atoms with Crippen molar-refractivity contribution < 1.29 is 4.39 Å². The van der Waals surface area contributed by atoms with Gasteiger partial charge in [0.1, 0.15) is 6.17 Å². The van der Waals surface area contributed by atoms with Gasteiger partial charge in [0, 0.05) is 30.1 Å². The largest absolute Gasteiger partial charge is 0.312 e. The zero-order valence-electron chi connectivity index (χ0n) is 19.4. The summed E-state index contributed by atoms with van der Waals surface area (Å²) in [5.74, 6) is 2.45. The maximum Gasteiger partial charge on any atom is 0.122 e. The molecule has 0 bridgehead atoms. The number of hydrogen-bond donors (Lipinski definition) is 2. The van der Waals surface area contributed by atoms with Crippen molar-refractivity contribution >= 4 is 5.71 Å². The van der Waals surface area contributed by atoms with Crippen LogP contribution in [-0.2, 0) is 6.54 Å². The Morgan fingerprint density at radius 1 is 1.16 bits per heavy atom. The molecule has 2 saturated carbocycles. The summed E-state index contributed by atoms with van der Waals surface area (Å²) in [5.41, 5.74) is 5.76. The highest BCUT2D eigenvalue weighted by molar-refractivity contribution is 6.04. The minimum atomic E-state index is -0.981. The van der Waals surface area contributed by atoms with E-state index in [4.69, 9.17) is 10.4 Å². The molecule has 3 aliphatic rings. The Morgan fingerprint density at radius 2 is 1.97 bits per heavy atom. The maximum atomic E-state index is 14.1. The van der Waals surface area contributed by atoms with Crippen LogP contribution in [0.15, 0.2) is 36.5 Å². The van der Waals surface area contributed by atoms with Crippen molar-refractivity contribution in [2.24, 2.45) is 17.8 Å². The lowest BCUT2D eigenvalue weighted by molar-refractivity contribution is 0.170. The molecule has 0 aliphatic heterocycles. The molecule has 170 valence electrons. The molecule has 4 unspecified atom stereocenters. The van der Waals surface area contributed by atoms with Gasteiger partial charge in [0.2, 0.25) is 0 Å². The number of nitrogens with zero attached hydrogens (tertiary/aromatic N) is 1. The van der Waals surface area contributed by atoms with Crippen LogP contribution in [0.2, 0.25) is 0 Å². The normalized spacial score (nSPS) is 26.8. The van der Waals surface area contributed by atoms with E-state index in [1.54, 1.807) is 6.92 Å². The topological polar surface area (TPSA) is 48.8 Å². The molecule has 1 aromatic heterocycles. The molecule has 2 aromatic rings. The summed E-state index contributed by atoms with van der Waals surface area (Å²) < 4.78 is 14.1. The molecular weight excluding hydrogens is 397 g/mol. The van der Waals surface area contributed by atoms with Gasteiger partial charge in [-0.15, -0.1) is 0 Å². The van der Waals surface area contributed by atoms with Crippen LogP contribution in [0.4, 0.5) is 4.39 Å². The fourth-order valence-corrected chi connectivity index (χ4v) is 5.69. The molecule has 1 aromatic carbocycles. The molecule has 0 radical (unpaired) electrons. The van der Waals surface area contributed by atoms with Crippen molar-refractivity contribution in [1.82, 2.24) is 10.3 Å². The highest BCUT2D eigenvalue weighted by Crippen LogP contribution is 2.49. The van der Waals surface area contributed by atoms with Gasteiger partial charge < -0.3 is 10.7 Å². The van der Waals surface area contributed by atoms with E-state index in [-0.39, 0.29) is 5.92 Å². The van der Waals surface area contributed by atoms with Gasteiger partial charge >= 0.3 is 0 Å². The van der Waals surface area contributed by atoms with Gasteiger partial charge in [-0.3, -0.25) is 4.98 Å². The predicted molar refractivity (Wildman–Crippen MR) is 128 cm³/mol. The second-order valence-corrected chi connectivity index (χ2v) is 10.5. The number of rotatable bonds is 7. The van der Waals surface area contributed by atoms with Crippen LogP contribution in [0, 0.1) is 23.2 Å². The molecule has 3 nitrogen and oxygen atoms in total. The number of hydrogen-bond acceptors (Lipinski definition) is 3. The summed E-state index contributed by atoms with van der Waals surface area (Å²) in [6.45, 7) is 5.87. The number of halogens is 1. The summed E-state index contributed by atoms with van der Waals surface area (Å²) in [6.07, 6.45) is 8.57. The van der Waals surface area contributed by atoms with Gasteiger partial charge in [-0.2, -0.15) is 0 Å². The number of alkyl halides is 1. The molecule has 2 fully saturated rings. The van der Waals surface area contributed by atoms with Crippen molar-refractivity contribution in [3.05, 3.63) is 64.5 Å². The number of nitrogens with one attached hydrogen (secondary N) is 2. The molecule has 0 saturated heterocycles. The van der Waals surface area contributed by atoms with Crippen LogP contribution >= 0.6 is 0 Å². The Hall–Kier alpha value is -2.07. The van der Waals surface area contributed by atoms with E-state index in [1.165, 1.54) is 37.7 Å². The molecule has 3 aliphatic carbocycles. The lowest BCUT2D eigenvalue weighted by atomic mass is 9.67. The fourth-order valence-electron chi connectivity index (χ4n) is 5.69. The van der Waals surface area contributed by atoms with Crippen molar-refractivity contribution in [1.29, 1.82) is 5.41 Å². The Labute approximate surface area is 191 Å². The van der Waals surface area contributed by atoms with Crippen LogP contribution in [0.25, 0.3) is 0 Å². The SMILES string of the molecule is CC(F)c1ccc2c(c1)C(C)C(C1CCC1)CC(c1ccc(CNCC3CC3)cn1)C2=N. The number of benzene rings is 1. The standard InChI is InChI=1S/C28H36FN3/c1-17-24(21-4-3-5-21)13-26(28(30)23-10-9-22(18(2)29)12-25(17)23)27-11-8-20(16-32-27)15-31-14-19-6-7-19/h8-12,16-19,21,24,26,30-31H,3-7,13-15H2,1-2H3. The summed E-state index contributed by atoms with van der Waals surface area (Å²) >= 11 is 0. The van der Waals surface area contributed by atoms with Crippen LogP contribution in [-0.4, -0.2) is 17.2 Å². The summed E-state index contributed by atoms with van der Waals surface area (Å²) in [7, 11) is 0. The molecular formula is C28H36FN3. The molecule has 4 heteroatoms. The highest BCUT2D eigenvalue weighted by atomic mass is 19.1. The van der Waals surface area contributed by atoms with E-state index in [9.17, 15) is 4.39 Å². The number of aromatic nitrogens is 1. The van der Waals surface area contributed by atoms with Gasteiger partial charge in [-0.25, -0.2) is 4.39 Å². The lowest BCUT2D eigenvalue weighted by Crippen LogP contribution is -2.27. The van der Waals surface area contributed by atoms with E-state index in [2.05, 4.69) is 24.4 Å². The Bertz CT molecular complexity index is 959. The van der Waals surface area contributed by atoms with Crippen LogP contribution in [0.5, 0.6) is 0 Å². The quantitative estimate of drug-likeness (QED) is 0.478. The van der Waals surface area contributed by atoms with E-state index >= 15 is 0 Å². The molecule has 0 amide bonds. The summed E-state index contributed by atoms with van der Waals surface area (Å²) in [4.78, 5) is 4.85. The van der Waals surface area contributed by atoms with Crippen molar-refractivity contribution in [2.45, 2.75) is 76.9 Å². The van der Waals surface area contributed by atoms with E-state index in [0.717, 1.165) is 47.8 Å². The second kappa shape index (κ2) is 9.05. The third-order valence-corrected chi connectivity index (χ3v) is 8.23. The minimum Gasteiger partial charge on any atom is -0.312 e. The first-order valence-electron chi connectivity index (χ1n) is 12.5. The molecule has 5 rings (SSSR count). The molecule has 2 N–H and O–H groups in total. The molecule has 0 spiro atoms. The average Bonchev–Trinajstić information content (AvgIpc) is 3.59. The first kappa shape index (κ1) is 21.8. The third kappa shape index (κ3) is 4.39. The van der Waals surface area contributed by atoms with E-state index in [1.807, 2.05) is 24.4 Å². The predicted octanol–water partition coefficient (Wildman–Crippen LogP) is 6.69. The van der Waals surface area contributed by atoms with Gasteiger partial charge in [0.25, 0.3) is 0 Å². The first-order valence-corrected chi connectivity index (χ1v) is 12.5. The van der Waals surface area contributed by atoms with Gasteiger partial charge in [0.15, 0.2) is 0 Å². The highest BCUT2D eigenvalue weighted by Gasteiger charge is 2.39. The maximum absolute atomic E-state index is 14.1. The Balaban J connectivity index is 1.43. The van der Waals surface area contributed by atoms with Crippen molar-refractivity contribution in [3.8, 4) is 0 Å². The zero-order chi connectivity index (χ0) is 22.2. The van der Waals surface area contributed by atoms with Crippen LogP contribution in [0.1, 0.15) is 98.3 Å². The van der Waals surface area contributed by atoms with E-state index in [0.29, 0.717) is 23.5 Å². The summed E-state index contributed by atoms with van der Waals surface area (Å²) in [6, 6.07) is 10.2. The number of fused-ring (bicyclic) bond motifs is 1. The van der Waals surface area contributed by atoms with Crippen molar-refractivity contribution in [3.63, 3.8) is 0 Å². The molecule has 1 heterocycles. The van der Waals surface area contributed by atoms with Crippen LogP contribution in [0.3, 0.4) is 0 Å². The lowest BCUT2D eigenvalue weighted by Gasteiger charge is -2.38. The zero-order valence-corrected chi connectivity index (χ0v) is 19.4. The third-order valence-electron chi connectivity index (χ3n) is 8.23. The second-order valence-electron chi connectivity index (χ2n) is 10.5. The van der Waals surface area contributed by atoms with Crippen LogP contribution < -0.4 is 5.32 Å². The van der Waals surface area contributed by atoms with E-state index < -0.39 is 6.17 Å². The Kier molecular flexibility index (Phi) is 6.16. The minimum absolute atomic E-state index is 0.00595. The average molecular weight is 434 g/mol. The number of pyridine rings is 1. The fraction of sp³-hybridized carbons (Fsp3) is 0.571. The molecule has 32 heavy (non-hydrogen) atoms. The molecule has 4 atom stereocenters. The van der Waals surface area contributed by atoms with Gasteiger partial charge in [-0.1, -0.05) is 50.5 Å². The first-order chi connectivity index (χ1) is 15.5. The summed E-state index contributed by atoms with van der Waals surface area (Å²) in [5, 5.41) is 12.7. The van der Waals surface area contributed by atoms with Gasteiger partial charge in [-0.05, 0) is 84.7 Å². The smallest absolute Gasteiger partial charge is 0.122 e. The van der Waals surface area contributed by atoms with Crippen molar-refractivity contribution in [2.75, 3.05) is 6.54 Å². The van der Waals surface area contributed by atoms with Gasteiger partial charge in [0.05, 0.1) is 0 Å².